The molecule has 3 atom stereocenters. The first-order chi connectivity index (χ1) is 24.3. The van der Waals surface area contributed by atoms with Crippen LogP contribution in [0.3, 0.4) is 0 Å². The number of rotatable bonds is 16. The Labute approximate surface area is 295 Å². The Bertz CT molecular complexity index is 1840. The van der Waals surface area contributed by atoms with Crippen LogP contribution in [0.1, 0.15) is 50.3 Å². The highest BCUT2D eigenvalue weighted by Gasteiger charge is 2.32. The number of amides is 4. The van der Waals surface area contributed by atoms with E-state index < -0.39 is 53.5 Å². The number of aromatic nitrogens is 1. The molecule has 0 radical (unpaired) electrons. The van der Waals surface area contributed by atoms with Crippen LogP contribution in [-0.4, -0.2) is 64.5 Å². The van der Waals surface area contributed by atoms with E-state index in [9.17, 15) is 28.8 Å². The smallest absolute Gasteiger partial charge is 0.408 e. The van der Waals surface area contributed by atoms with Crippen LogP contribution in [0.5, 0.6) is 0 Å². The first-order valence-electron chi connectivity index (χ1n) is 16.5. The topological polar surface area (TPSA) is 188 Å². The van der Waals surface area contributed by atoms with Crippen LogP contribution in [0, 0.1) is 0 Å². The van der Waals surface area contributed by atoms with Gasteiger partial charge in [0.15, 0.2) is 0 Å². The van der Waals surface area contributed by atoms with E-state index in [-0.39, 0.29) is 32.3 Å². The molecule has 1 heterocycles. The van der Waals surface area contributed by atoms with Gasteiger partial charge in [0.05, 0.1) is 5.52 Å². The number of carbonyl (C=O) groups is 6. The van der Waals surface area contributed by atoms with Gasteiger partial charge in [0.25, 0.3) is 0 Å². The van der Waals surface area contributed by atoms with Gasteiger partial charge >= 0.3 is 12.1 Å². The van der Waals surface area contributed by atoms with Crippen LogP contribution >= 0.6 is 0 Å². The van der Waals surface area contributed by atoms with Crippen LogP contribution in [0.2, 0.25) is 0 Å². The summed E-state index contributed by atoms with van der Waals surface area (Å²) in [6.45, 7) is 4.93. The first kappa shape index (κ1) is 37.8. The standard InChI is InChI=1S/C38H43N5O8/c1-38(2,3)51-37(49)42-29(18-19-33(39)45)34(46)40-30(21-27-22-43(24-44)32-17-11-10-16-28(27)32)35(47)41-31(20-25-12-6-4-7-13-25)36(48)50-23-26-14-8-5-9-15-26/h4-17,22,24,29-31H,18-21,23H2,1-3H3,(H2,39,45)(H,40,46)(H,41,47)(H,42,49)/t29-,30-,31-/m0/s1. The van der Waals surface area contributed by atoms with E-state index in [0.29, 0.717) is 22.9 Å². The molecule has 0 aliphatic carbocycles. The third kappa shape index (κ3) is 11.6. The van der Waals surface area contributed by atoms with Gasteiger partial charge in [0.2, 0.25) is 24.1 Å². The molecule has 268 valence electrons. The van der Waals surface area contributed by atoms with Gasteiger partial charge in [0.1, 0.15) is 30.3 Å². The molecule has 13 heteroatoms. The molecular formula is C38H43N5O8. The van der Waals surface area contributed by atoms with Crippen LogP contribution < -0.4 is 21.7 Å². The number of carbonyl (C=O) groups excluding carboxylic acids is 6. The molecule has 0 bridgehead atoms. The van der Waals surface area contributed by atoms with E-state index in [0.717, 1.165) is 11.1 Å². The molecule has 0 saturated carbocycles. The molecule has 5 N–H and O–H groups in total. The second-order valence-corrected chi connectivity index (χ2v) is 13.0. The third-order valence-electron chi connectivity index (χ3n) is 7.79. The summed E-state index contributed by atoms with van der Waals surface area (Å²) < 4.78 is 12.3. The highest BCUT2D eigenvalue weighted by atomic mass is 16.6. The summed E-state index contributed by atoms with van der Waals surface area (Å²) in [5.74, 6) is -2.92. The van der Waals surface area contributed by atoms with Gasteiger partial charge in [-0.3, -0.25) is 23.7 Å². The summed E-state index contributed by atoms with van der Waals surface area (Å²) in [5, 5.41) is 8.59. The lowest BCUT2D eigenvalue weighted by atomic mass is 10.0. The molecule has 4 aromatic rings. The van der Waals surface area contributed by atoms with E-state index in [1.54, 1.807) is 75.5 Å². The van der Waals surface area contributed by atoms with Crippen LogP contribution in [0.4, 0.5) is 4.79 Å². The fourth-order valence-corrected chi connectivity index (χ4v) is 5.38. The normalized spacial score (nSPS) is 12.9. The Kier molecular flexibility index (Phi) is 13.1. The van der Waals surface area contributed by atoms with Crippen molar-refractivity contribution in [2.45, 2.75) is 76.8 Å². The zero-order valence-corrected chi connectivity index (χ0v) is 28.8. The number of hydrogen-bond donors (Lipinski definition) is 4. The minimum atomic E-state index is -1.32. The average Bonchev–Trinajstić information content (AvgIpc) is 3.45. The Hall–Kier alpha value is -5.98. The molecule has 13 nitrogen and oxygen atoms in total. The van der Waals surface area contributed by atoms with Crippen LogP contribution in [-0.2, 0) is 52.9 Å². The summed E-state index contributed by atoms with van der Waals surface area (Å²) >= 11 is 0. The van der Waals surface area contributed by atoms with E-state index in [1.165, 1.54) is 4.57 Å². The summed E-state index contributed by atoms with van der Waals surface area (Å²) in [6, 6.07) is 21.4. The van der Waals surface area contributed by atoms with E-state index in [2.05, 4.69) is 16.0 Å². The predicted molar refractivity (Wildman–Crippen MR) is 190 cm³/mol. The number of para-hydroxylation sites is 1. The molecule has 4 amide bonds. The molecule has 0 fully saturated rings. The maximum Gasteiger partial charge on any atom is 0.408 e. The van der Waals surface area contributed by atoms with Crippen molar-refractivity contribution in [3.63, 3.8) is 0 Å². The lowest BCUT2D eigenvalue weighted by Gasteiger charge is -2.26. The number of primary amides is 1. The van der Waals surface area contributed by atoms with E-state index in [1.807, 2.05) is 36.4 Å². The third-order valence-corrected chi connectivity index (χ3v) is 7.79. The van der Waals surface area contributed by atoms with Crippen molar-refractivity contribution in [2.24, 2.45) is 5.73 Å². The van der Waals surface area contributed by atoms with Gasteiger partial charge in [-0.2, -0.15) is 0 Å². The largest absolute Gasteiger partial charge is 0.459 e. The lowest BCUT2D eigenvalue weighted by Crippen LogP contribution is -2.57. The van der Waals surface area contributed by atoms with E-state index in [4.69, 9.17) is 15.2 Å². The number of esters is 1. The molecule has 3 aromatic carbocycles. The van der Waals surface area contributed by atoms with Crippen molar-refractivity contribution in [2.75, 3.05) is 0 Å². The maximum absolute atomic E-state index is 14.2. The second kappa shape index (κ2) is 17.6. The predicted octanol–water partition coefficient (Wildman–Crippen LogP) is 3.34. The number of nitrogens with two attached hydrogens (primary N) is 1. The molecule has 0 aliphatic heterocycles. The maximum atomic E-state index is 14.2. The molecule has 1 aromatic heterocycles. The Morgan fingerprint density at radius 2 is 1.35 bits per heavy atom. The minimum Gasteiger partial charge on any atom is -0.459 e. The Morgan fingerprint density at radius 3 is 1.98 bits per heavy atom. The van der Waals surface area contributed by atoms with Crippen molar-refractivity contribution >= 4 is 47.1 Å². The van der Waals surface area contributed by atoms with Crippen LogP contribution in [0.25, 0.3) is 10.9 Å². The highest BCUT2D eigenvalue weighted by Crippen LogP contribution is 2.22. The fraction of sp³-hybridized carbons (Fsp3) is 0.316. The first-order valence-corrected chi connectivity index (χ1v) is 16.5. The number of fused-ring (bicyclic) bond motifs is 1. The molecule has 0 spiro atoms. The SMILES string of the molecule is CC(C)(C)OC(=O)N[C@@H](CCC(N)=O)C(=O)N[C@@H](Cc1cn(C=O)c2ccccc12)C(=O)N[C@@H](Cc1ccccc1)C(=O)OCc1ccccc1. The van der Waals surface area contributed by atoms with Gasteiger partial charge in [-0.1, -0.05) is 78.9 Å². The summed E-state index contributed by atoms with van der Waals surface area (Å²) in [6.07, 6.45) is 0.835. The summed E-state index contributed by atoms with van der Waals surface area (Å²) in [4.78, 5) is 77.7. The molecule has 4 rings (SSSR count). The Balaban J connectivity index is 1.65. The number of hydrogen-bond acceptors (Lipinski definition) is 8. The van der Waals surface area contributed by atoms with Crippen molar-refractivity contribution in [1.29, 1.82) is 0 Å². The fourth-order valence-electron chi connectivity index (χ4n) is 5.38. The van der Waals surface area contributed by atoms with Crippen molar-refractivity contribution in [1.82, 2.24) is 20.5 Å². The van der Waals surface area contributed by atoms with Crippen molar-refractivity contribution in [3.05, 3.63) is 108 Å². The summed E-state index contributed by atoms with van der Waals surface area (Å²) in [7, 11) is 0. The lowest BCUT2D eigenvalue weighted by molar-refractivity contribution is -0.149. The summed E-state index contributed by atoms with van der Waals surface area (Å²) in [5.41, 5.74) is 7.12. The zero-order valence-electron chi connectivity index (χ0n) is 28.8. The highest BCUT2D eigenvalue weighted by molar-refractivity contribution is 5.95. The van der Waals surface area contributed by atoms with Gasteiger partial charge in [0, 0.05) is 30.8 Å². The molecular weight excluding hydrogens is 654 g/mol. The van der Waals surface area contributed by atoms with E-state index >= 15 is 0 Å². The number of ether oxygens (including phenoxy) is 2. The molecule has 0 unspecified atom stereocenters. The minimum absolute atomic E-state index is 0.0237. The average molecular weight is 698 g/mol. The number of alkyl carbamates (subject to hydrolysis) is 1. The molecule has 0 saturated heterocycles. The number of nitrogens with zero attached hydrogens (tertiary/aromatic N) is 1. The second-order valence-electron chi connectivity index (χ2n) is 13.0. The quantitative estimate of drug-likeness (QED) is 0.101. The monoisotopic (exact) mass is 697 g/mol. The van der Waals surface area contributed by atoms with Crippen LogP contribution in [0.15, 0.2) is 91.1 Å². The Morgan fingerprint density at radius 1 is 0.765 bits per heavy atom. The zero-order chi connectivity index (χ0) is 37.0. The van der Waals surface area contributed by atoms with Gasteiger partial charge in [-0.25, -0.2) is 9.59 Å². The number of benzene rings is 3. The number of nitrogens with one attached hydrogen (secondary N) is 3. The molecule has 0 aliphatic rings. The van der Waals surface area contributed by atoms with Crippen molar-refractivity contribution < 1.29 is 38.2 Å². The van der Waals surface area contributed by atoms with Gasteiger partial charge in [-0.05, 0) is 49.9 Å². The molecule has 51 heavy (non-hydrogen) atoms. The van der Waals surface area contributed by atoms with Crippen molar-refractivity contribution in [3.8, 4) is 0 Å². The van der Waals surface area contributed by atoms with Gasteiger partial charge in [-0.15, -0.1) is 0 Å². The van der Waals surface area contributed by atoms with Gasteiger partial charge < -0.3 is 31.2 Å².